The average molecular weight is 470 g/mol. The molecule has 0 saturated heterocycles. The molecule has 9 heteroatoms. The molecule has 1 unspecified atom stereocenters. The van der Waals surface area contributed by atoms with Gasteiger partial charge in [-0.25, -0.2) is 4.79 Å². The molecule has 9 nitrogen and oxygen atoms in total. The summed E-state index contributed by atoms with van der Waals surface area (Å²) in [4.78, 5) is 13.4. The quantitative estimate of drug-likeness (QED) is 0.391. The molecule has 1 aliphatic carbocycles. The average Bonchev–Trinajstić information content (AvgIpc) is 3.30. The maximum Gasteiger partial charge on any atom is 0.338 e. The fourth-order valence-electron chi connectivity index (χ4n) is 4.60. The number of anilines is 1. The molecule has 0 spiro atoms. The van der Waals surface area contributed by atoms with E-state index in [0.29, 0.717) is 41.9 Å². The molecular weight excluding hydrogens is 434 g/mol. The lowest BCUT2D eigenvalue weighted by Crippen LogP contribution is -2.32. The van der Waals surface area contributed by atoms with Gasteiger partial charge in [0.25, 0.3) is 0 Å². The number of benzene rings is 1. The SMILES string of the molecule is CCCCCOc1ccc(C2C(C(=O)OC3CCCCC3)=C(C)Nc3nnnn32)cc1OCC. The lowest BCUT2D eigenvalue weighted by Gasteiger charge is -2.30. The summed E-state index contributed by atoms with van der Waals surface area (Å²) < 4.78 is 19.5. The Morgan fingerprint density at radius 2 is 1.94 bits per heavy atom. The van der Waals surface area contributed by atoms with Crippen molar-refractivity contribution < 1.29 is 19.0 Å². The van der Waals surface area contributed by atoms with Crippen LogP contribution in [0.2, 0.25) is 0 Å². The van der Waals surface area contributed by atoms with Crippen LogP contribution in [0.4, 0.5) is 5.95 Å². The molecule has 0 bridgehead atoms. The summed E-state index contributed by atoms with van der Waals surface area (Å²) in [6.07, 6.45) is 8.39. The van der Waals surface area contributed by atoms with Gasteiger partial charge in [0.2, 0.25) is 5.95 Å². The predicted molar refractivity (Wildman–Crippen MR) is 128 cm³/mol. The summed E-state index contributed by atoms with van der Waals surface area (Å²) in [5.74, 6) is 1.48. The Morgan fingerprint density at radius 3 is 2.71 bits per heavy atom. The van der Waals surface area contributed by atoms with E-state index in [2.05, 4.69) is 27.8 Å². The number of aromatic nitrogens is 4. The molecular formula is C25H35N5O4. The Balaban J connectivity index is 1.65. The van der Waals surface area contributed by atoms with Crippen LogP contribution >= 0.6 is 0 Å². The monoisotopic (exact) mass is 469 g/mol. The summed E-state index contributed by atoms with van der Waals surface area (Å²) in [5.41, 5.74) is 2.02. The van der Waals surface area contributed by atoms with Crippen LogP contribution in [0.1, 0.15) is 83.7 Å². The van der Waals surface area contributed by atoms with Gasteiger partial charge in [-0.3, -0.25) is 0 Å². The topological polar surface area (TPSA) is 100 Å². The molecule has 0 radical (unpaired) electrons. The minimum atomic E-state index is -0.532. The van der Waals surface area contributed by atoms with E-state index in [1.165, 1.54) is 6.42 Å². The van der Waals surface area contributed by atoms with E-state index in [1.54, 1.807) is 4.68 Å². The molecule has 1 aromatic carbocycles. The lowest BCUT2D eigenvalue weighted by atomic mass is 9.94. The number of nitrogens with one attached hydrogen (secondary N) is 1. The number of esters is 1. The van der Waals surface area contributed by atoms with Gasteiger partial charge >= 0.3 is 5.97 Å². The van der Waals surface area contributed by atoms with Gasteiger partial charge in [0.1, 0.15) is 12.1 Å². The summed E-state index contributed by atoms with van der Waals surface area (Å²) in [6, 6.07) is 5.23. The van der Waals surface area contributed by atoms with E-state index in [-0.39, 0.29) is 12.1 Å². The molecule has 1 aliphatic heterocycles. The van der Waals surface area contributed by atoms with Crippen molar-refractivity contribution in [1.82, 2.24) is 20.2 Å². The first-order chi connectivity index (χ1) is 16.6. The number of hydrogen-bond donors (Lipinski definition) is 1. The number of fused-ring (bicyclic) bond motifs is 1. The summed E-state index contributed by atoms with van der Waals surface area (Å²) in [7, 11) is 0. The maximum absolute atomic E-state index is 13.4. The molecule has 1 fully saturated rings. The molecule has 1 N–H and O–H groups in total. The second-order valence-electron chi connectivity index (χ2n) is 8.87. The van der Waals surface area contributed by atoms with Crippen molar-refractivity contribution >= 4 is 11.9 Å². The first kappa shape index (κ1) is 24.0. The molecule has 0 amide bonds. The molecule has 1 atom stereocenters. The number of hydrogen-bond acceptors (Lipinski definition) is 8. The number of unbranched alkanes of at least 4 members (excludes halogenated alkanes) is 2. The van der Waals surface area contributed by atoms with Crippen LogP contribution in [0, 0.1) is 0 Å². The Kier molecular flexibility index (Phi) is 8.03. The number of rotatable bonds is 10. The van der Waals surface area contributed by atoms with Gasteiger partial charge in [0.15, 0.2) is 11.5 Å². The highest BCUT2D eigenvalue weighted by Crippen LogP contribution is 2.39. The van der Waals surface area contributed by atoms with E-state index >= 15 is 0 Å². The molecule has 2 aliphatic rings. The number of tetrazole rings is 1. The van der Waals surface area contributed by atoms with E-state index in [9.17, 15) is 4.79 Å². The van der Waals surface area contributed by atoms with E-state index in [1.807, 2.05) is 32.0 Å². The molecule has 4 rings (SSSR count). The fraction of sp³-hybridized carbons (Fsp3) is 0.600. The number of carbonyl (C=O) groups is 1. The zero-order chi connectivity index (χ0) is 23.9. The summed E-state index contributed by atoms with van der Waals surface area (Å²) in [6.45, 7) is 7.10. The smallest absolute Gasteiger partial charge is 0.338 e. The third kappa shape index (κ3) is 5.34. The van der Waals surface area contributed by atoms with E-state index in [4.69, 9.17) is 14.2 Å². The lowest BCUT2D eigenvalue weighted by molar-refractivity contribution is -0.146. The Hall–Kier alpha value is -3.10. The van der Waals surface area contributed by atoms with Gasteiger partial charge in [-0.15, -0.1) is 0 Å². The Labute approximate surface area is 200 Å². The van der Waals surface area contributed by atoms with Crippen LogP contribution in [0.15, 0.2) is 29.5 Å². The fourth-order valence-corrected chi connectivity index (χ4v) is 4.60. The van der Waals surface area contributed by atoms with Crippen LogP contribution in [0.25, 0.3) is 0 Å². The summed E-state index contributed by atoms with van der Waals surface area (Å²) >= 11 is 0. The van der Waals surface area contributed by atoms with Crippen LogP contribution in [0.5, 0.6) is 11.5 Å². The predicted octanol–water partition coefficient (Wildman–Crippen LogP) is 4.81. The molecule has 2 heterocycles. The first-order valence-corrected chi connectivity index (χ1v) is 12.5. The largest absolute Gasteiger partial charge is 0.490 e. The second kappa shape index (κ2) is 11.4. The molecule has 34 heavy (non-hydrogen) atoms. The van der Waals surface area contributed by atoms with Gasteiger partial charge < -0.3 is 19.5 Å². The molecule has 1 aromatic heterocycles. The standard InChI is InChI=1S/C25H35N5O4/c1-4-6-10-15-33-20-14-13-18(16-21(20)32-5-2)23-22(17(3)26-25-27-28-29-30(23)25)24(31)34-19-11-8-7-9-12-19/h13-14,16,19,23H,4-12,15H2,1-3H3,(H,26,27,29). The minimum absolute atomic E-state index is 0.0460. The zero-order valence-corrected chi connectivity index (χ0v) is 20.4. The van der Waals surface area contributed by atoms with Crippen molar-refractivity contribution in [2.75, 3.05) is 18.5 Å². The van der Waals surface area contributed by atoms with Crippen LogP contribution in [0.3, 0.4) is 0 Å². The minimum Gasteiger partial charge on any atom is -0.490 e. The zero-order valence-electron chi connectivity index (χ0n) is 20.4. The van der Waals surface area contributed by atoms with Crippen molar-refractivity contribution in [3.8, 4) is 11.5 Å². The van der Waals surface area contributed by atoms with Gasteiger partial charge in [-0.1, -0.05) is 37.4 Å². The van der Waals surface area contributed by atoms with Crippen molar-refractivity contribution in [1.29, 1.82) is 0 Å². The van der Waals surface area contributed by atoms with Crippen LogP contribution in [-0.2, 0) is 9.53 Å². The van der Waals surface area contributed by atoms with Crippen molar-refractivity contribution in [3.05, 3.63) is 35.0 Å². The van der Waals surface area contributed by atoms with Crippen molar-refractivity contribution in [3.63, 3.8) is 0 Å². The maximum atomic E-state index is 13.4. The van der Waals surface area contributed by atoms with Crippen LogP contribution < -0.4 is 14.8 Å². The Morgan fingerprint density at radius 1 is 1.12 bits per heavy atom. The second-order valence-corrected chi connectivity index (χ2v) is 8.87. The highest BCUT2D eigenvalue weighted by molar-refractivity contribution is 5.92. The van der Waals surface area contributed by atoms with Gasteiger partial charge in [-0.05, 0) is 74.1 Å². The summed E-state index contributed by atoms with van der Waals surface area (Å²) in [5, 5.41) is 15.2. The third-order valence-electron chi connectivity index (χ3n) is 6.35. The van der Waals surface area contributed by atoms with Crippen LogP contribution in [-0.4, -0.2) is 45.5 Å². The third-order valence-corrected chi connectivity index (χ3v) is 6.35. The molecule has 2 aromatic rings. The highest BCUT2D eigenvalue weighted by atomic mass is 16.5. The van der Waals surface area contributed by atoms with Gasteiger partial charge in [-0.2, -0.15) is 4.68 Å². The number of carbonyl (C=O) groups excluding carboxylic acids is 1. The number of nitrogens with zero attached hydrogens (tertiary/aromatic N) is 4. The normalized spacial score (nSPS) is 18.3. The van der Waals surface area contributed by atoms with Crippen molar-refractivity contribution in [2.24, 2.45) is 0 Å². The van der Waals surface area contributed by atoms with Gasteiger partial charge in [0, 0.05) is 5.70 Å². The highest BCUT2D eigenvalue weighted by Gasteiger charge is 2.36. The number of allylic oxidation sites excluding steroid dienone is 1. The van der Waals surface area contributed by atoms with Gasteiger partial charge in [0.05, 0.1) is 18.8 Å². The molecule has 184 valence electrons. The van der Waals surface area contributed by atoms with Crippen molar-refractivity contribution in [2.45, 2.75) is 84.3 Å². The molecule has 1 saturated carbocycles. The first-order valence-electron chi connectivity index (χ1n) is 12.5. The Bertz CT molecular complexity index is 1010. The van der Waals surface area contributed by atoms with E-state index < -0.39 is 6.04 Å². The number of ether oxygens (including phenoxy) is 3. The van der Waals surface area contributed by atoms with E-state index in [0.717, 1.165) is 50.5 Å².